The van der Waals surface area contributed by atoms with E-state index in [2.05, 4.69) is 0 Å². The molecule has 0 radical (unpaired) electrons. The second kappa shape index (κ2) is 5.79. The van der Waals surface area contributed by atoms with E-state index in [1.165, 1.54) is 24.3 Å². The number of carbonyl (C=O) groups is 1. The zero-order valence-corrected chi connectivity index (χ0v) is 9.67. The van der Waals surface area contributed by atoms with Gasteiger partial charge in [0, 0.05) is 12.1 Å². The normalized spacial score (nSPS) is 11.1. The Hall–Kier alpha value is -2.17. The van der Waals surface area contributed by atoms with Gasteiger partial charge in [0.1, 0.15) is 6.61 Å². The zero-order valence-electron chi connectivity index (χ0n) is 9.67. The predicted octanol–water partition coefficient (Wildman–Crippen LogP) is 2.72. The first-order valence-corrected chi connectivity index (χ1v) is 5.08. The molecule has 0 saturated carbocycles. The van der Waals surface area contributed by atoms with Crippen LogP contribution in [-0.4, -0.2) is 17.5 Å². The van der Waals surface area contributed by atoms with Crippen LogP contribution in [0.15, 0.2) is 35.9 Å². The van der Waals surface area contributed by atoms with Crippen LogP contribution in [0.5, 0.6) is 0 Å². The molecule has 90 valence electrons. The van der Waals surface area contributed by atoms with Crippen molar-refractivity contribution in [3.05, 3.63) is 51.6 Å². The molecule has 0 fully saturated rings. The second-order valence-electron chi connectivity index (χ2n) is 3.52. The first kappa shape index (κ1) is 12.9. The number of benzene rings is 1. The lowest BCUT2D eigenvalue weighted by molar-refractivity contribution is -0.384. The van der Waals surface area contributed by atoms with Gasteiger partial charge in [0.2, 0.25) is 0 Å². The summed E-state index contributed by atoms with van der Waals surface area (Å²) in [7, 11) is 0. The lowest BCUT2D eigenvalue weighted by Gasteiger charge is -2.04. The minimum absolute atomic E-state index is 0.0498. The molecule has 0 aromatic heterocycles. The molecule has 0 aliphatic carbocycles. The molecule has 1 aromatic rings. The number of non-ortho nitro benzene ring substituents is 1. The molecule has 0 aliphatic heterocycles. The van der Waals surface area contributed by atoms with Gasteiger partial charge in [-0.2, -0.15) is 0 Å². The molecule has 0 bridgehead atoms. The summed E-state index contributed by atoms with van der Waals surface area (Å²) in [5.41, 5.74) is 1.20. The first-order valence-electron chi connectivity index (χ1n) is 5.08. The van der Waals surface area contributed by atoms with E-state index in [0.29, 0.717) is 5.56 Å². The van der Waals surface area contributed by atoms with Crippen molar-refractivity contribution in [1.82, 2.24) is 0 Å². The van der Waals surface area contributed by atoms with E-state index in [1.807, 2.05) is 19.9 Å². The average molecular weight is 235 g/mol. The molecule has 0 saturated heterocycles. The number of esters is 1. The van der Waals surface area contributed by atoms with E-state index in [1.54, 1.807) is 0 Å². The van der Waals surface area contributed by atoms with Crippen molar-refractivity contribution in [2.75, 3.05) is 6.61 Å². The van der Waals surface area contributed by atoms with E-state index in [-0.39, 0.29) is 12.3 Å². The maximum Gasteiger partial charge on any atom is 0.338 e. The molecular weight excluding hydrogens is 222 g/mol. The summed E-state index contributed by atoms with van der Waals surface area (Å²) in [6.07, 6.45) is 1.85. The van der Waals surface area contributed by atoms with E-state index < -0.39 is 10.9 Å². The van der Waals surface area contributed by atoms with Crippen LogP contribution in [0.3, 0.4) is 0 Å². The summed E-state index contributed by atoms with van der Waals surface area (Å²) in [5.74, 6) is -0.485. The molecule has 0 spiro atoms. The third-order valence-corrected chi connectivity index (χ3v) is 2.24. The number of ether oxygens (including phenoxy) is 1. The molecular formula is C12H13NO4. The largest absolute Gasteiger partial charge is 0.458 e. The number of nitrogens with zero attached hydrogens (tertiary/aromatic N) is 1. The van der Waals surface area contributed by atoms with Gasteiger partial charge in [-0.15, -0.1) is 0 Å². The Morgan fingerprint density at radius 2 is 2.00 bits per heavy atom. The van der Waals surface area contributed by atoms with Crippen molar-refractivity contribution in [2.45, 2.75) is 13.8 Å². The lowest BCUT2D eigenvalue weighted by atomic mass is 10.2. The van der Waals surface area contributed by atoms with Crippen LogP contribution in [0.4, 0.5) is 5.69 Å². The highest BCUT2D eigenvalue weighted by Crippen LogP contribution is 2.12. The van der Waals surface area contributed by atoms with Crippen LogP contribution in [0.2, 0.25) is 0 Å². The van der Waals surface area contributed by atoms with Crippen LogP contribution >= 0.6 is 0 Å². The molecule has 5 heteroatoms. The molecule has 0 aliphatic rings. The zero-order chi connectivity index (χ0) is 12.8. The average Bonchev–Trinajstić information content (AvgIpc) is 2.35. The standard InChI is InChI=1S/C12H13NO4/c1-3-9(2)8-17-12(14)10-4-6-11(7-5-10)13(15)16/h3-7H,8H2,1-2H3. The van der Waals surface area contributed by atoms with Crippen LogP contribution < -0.4 is 0 Å². The highest BCUT2D eigenvalue weighted by atomic mass is 16.6. The van der Waals surface area contributed by atoms with Gasteiger partial charge >= 0.3 is 5.97 Å². The van der Waals surface area contributed by atoms with Crippen LogP contribution in [0.25, 0.3) is 0 Å². The number of rotatable bonds is 4. The summed E-state index contributed by atoms with van der Waals surface area (Å²) < 4.78 is 5.00. The van der Waals surface area contributed by atoms with Crippen LogP contribution in [0.1, 0.15) is 24.2 Å². The van der Waals surface area contributed by atoms with Crippen LogP contribution in [-0.2, 0) is 4.74 Å². The Bertz CT molecular complexity index is 448. The summed E-state index contributed by atoms with van der Waals surface area (Å²) in [5, 5.41) is 10.4. The molecule has 0 heterocycles. The van der Waals surface area contributed by atoms with Crippen molar-refractivity contribution >= 4 is 11.7 Å². The molecule has 0 amide bonds. The third-order valence-electron chi connectivity index (χ3n) is 2.24. The summed E-state index contributed by atoms with van der Waals surface area (Å²) in [4.78, 5) is 21.4. The Kier molecular flexibility index (Phi) is 4.39. The molecule has 1 aromatic carbocycles. The molecule has 5 nitrogen and oxygen atoms in total. The Morgan fingerprint density at radius 3 is 2.47 bits per heavy atom. The van der Waals surface area contributed by atoms with Crippen molar-refractivity contribution < 1.29 is 14.5 Å². The minimum Gasteiger partial charge on any atom is -0.458 e. The summed E-state index contributed by atoms with van der Waals surface area (Å²) in [6, 6.07) is 5.31. The summed E-state index contributed by atoms with van der Waals surface area (Å²) >= 11 is 0. The second-order valence-corrected chi connectivity index (χ2v) is 3.52. The van der Waals surface area contributed by atoms with E-state index >= 15 is 0 Å². The molecule has 1 rings (SSSR count). The van der Waals surface area contributed by atoms with Crippen molar-refractivity contribution in [2.24, 2.45) is 0 Å². The monoisotopic (exact) mass is 235 g/mol. The number of allylic oxidation sites excluding steroid dienone is 1. The highest BCUT2D eigenvalue weighted by molar-refractivity contribution is 5.89. The van der Waals surface area contributed by atoms with Gasteiger partial charge in [-0.1, -0.05) is 6.08 Å². The smallest absolute Gasteiger partial charge is 0.338 e. The maximum absolute atomic E-state index is 11.5. The SMILES string of the molecule is CC=C(C)COC(=O)c1ccc([N+](=O)[O-])cc1. The van der Waals surface area contributed by atoms with Crippen molar-refractivity contribution in [3.63, 3.8) is 0 Å². The Morgan fingerprint density at radius 1 is 1.41 bits per heavy atom. The number of nitro benzene ring substituents is 1. The van der Waals surface area contributed by atoms with E-state index in [4.69, 9.17) is 4.74 Å². The predicted molar refractivity (Wildman–Crippen MR) is 62.8 cm³/mol. The third kappa shape index (κ3) is 3.71. The number of carbonyl (C=O) groups excluding carboxylic acids is 1. The van der Waals surface area contributed by atoms with Crippen molar-refractivity contribution in [1.29, 1.82) is 0 Å². The number of hydrogen-bond donors (Lipinski definition) is 0. The Balaban J connectivity index is 2.67. The van der Waals surface area contributed by atoms with Gasteiger partial charge in [0.15, 0.2) is 0 Å². The van der Waals surface area contributed by atoms with Crippen molar-refractivity contribution in [3.8, 4) is 0 Å². The summed E-state index contributed by atoms with van der Waals surface area (Å²) in [6.45, 7) is 3.94. The first-order chi connectivity index (χ1) is 8.04. The van der Waals surface area contributed by atoms with Gasteiger partial charge < -0.3 is 4.74 Å². The maximum atomic E-state index is 11.5. The molecule has 0 N–H and O–H groups in total. The quantitative estimate of drug-likeness (QED) is 0.348. The topological polar surface area (TPSA) is 69.4 Å². The van der Waals surface area contributed by atoms with Gasteiger partial charge in [-0.3, -0.25) is 10.1 Å². The molecule has 0 unspecified atom stereocenters. The fraction of sp³-hybridized carbons (Fsp3) is 0.250. The Labute approximate surface area is 98.9 Å². The van der Waals surface area contributed by atoms with Gasteiger partial charge in [0.05, 0.1) is 10.5 Å². The van der Waals surface area contributed by atoms with Crippen LogP contribution in [0, 0.1) is 10.1 Å². The molecule has 0 atom stereocenters. The van der Waals surface area contributed by atoms with E-state index in [0.717, 1.165) is 5.57 Å². The fourth-order valence-electron chi connectivity index (χ4n) is 1.07. The van der Waals surface area contributed by atoms with Gasteiger partial charge in [0.25, 0.3) is 5.69 Å². The molecule has 17 heavy (non-hydrogen) atoms. The minimum atomic E-state index is -0.515. The van der Waals surface area contributed by atoms with E-state index in [9.17, 15) is 14.9 Å². The number of nitro groups is 1. The van der Waals surface area contributed by atoms with Gasteiger partial charge in [-0.05, 0) is 31.6 Å². The lowest BCUT2D eigenvalue weighted by Crippen LogP contribution is -2.07. The highest BCUT2D eigenvalue weighted by Gasteiger charge is 2.10. The van der Waals surface area contributed by atoms with Gasteiger partial charge in [-0.25, -0.2) is 4.79 Å². The number of hydrogen-bond acceptors (Lipinski definition) is 4. The fourth-order valence-corrected chi connectivity index (χ4v) is 1.07.